The van der Waals surface area contributed by atoms with Gasteiger partial charge in [-0.2, -0.15) is 0 Å². The number of nitrogens with one attached hydrogen (secondary N) is 1. The van der Waals surface area contributed by atoms with Gasteiger partial charge in [-0.3, -0.25) is 4.79 Å². The Bertz CT molecular complexity index is 1120. The number of thioether (sulfide) groups is 1. The van der Waals surface area contributed by atoms with Crippen LogP contribution in [0.25, 0.3) is 11.0 Å². The van der Waals surface area contributed by atoms with Gasteiger partial charge in [0.2, 0.25) is 15.9 Å². The number of nitrogens with zero attached hydrogens (tertiary/aromatic N) is 2. The molecule has 3 aromatic rings. The summed E-state index contributed by atoms with van der Waals surface area (Å²) < 4.78 is 25.3. The molecule has 0 fully saturated rings. The monoisotopic (exact) mass is 432 g/mol. The highest BCUT2D eigenvalue weighted by molar-refractivity contribution is 7.98. The van der Waals surface area contributed by atoms with E-state index in [1.165, 1.54) is 12.1 Å². The molecular formula is C20H24N4O3S2. The Morgan fingerprint density at radius 1 is 1.21 bits per heavy atom. The van der Waals surface area contributed by atoms with Gasteiger partial charge in [0.25, 0.3) is 0 Å². The van der Waals surface area contributed by atoms with Crippen LogP contribution in [0.5, 0.6) is 0 Å². The Balaban J connectivity index is 1.77. The van der Waals surface area contributed by atoms with Gasteiger partial charge < -0.3 is 9.88 Å². The fourth-order valence-corrected chi connectivity index (χ4v) is 4.07. The van der Waals surface area contributed by atoms with Crippen molar-refractivity contribution < 1.29 is 13.2 Å². The first kappa shape index (κ1) is 21.4. The minimum Gasteiger partial charge on any atom is -0.328 e. The van der Waals surface area contributed by atoms with Crippen LogP contribution in [0, 0.1) is 0 Å². The van der Waals surface area contributed by atoms with E-state index in [0.29, 0.717) is 11.9 Å². The predicted molar refractivity (Wildman–Crippen MR) is 117 cm³/mol. The van der Waals surface area contributed by atoms with Crippen molar-refractivity contribution in [2.75, 3.05) is 11.6 Å². The maximum absolute atomic E-state index is 12.4. The summed E-state index contributed by atoms with van der Waals surface area (Å²) in [7, 11) is -3.79. The summed E-state index contributed by atoms with van der Waals surface area (Å²) in [6.07, 6.45) is 3.62. The van der Waals surface area contributed by atoms with Crippen molar-refractivity contribution in [1.29, 1.82) is 0 Å². The van der Waals surface area contributed by atoms with Gasteiger partial charge in [0.1, 0.15) is 5.82 Å². The highest BCUT2D eigenvalue weighted by Crippen LogP contribution is 2.22. The van der Waals surface area contributed by atoms with Gasteiger partial charge in [-0.05, 0) is 55.1 Å². The van der Waals surface area contributed by atoms with Crippen molar-refractivity contribution in [3.8, 4) is 0 Å². The van der Waals surface area contributed by atoms with E-state index in [9.17, 15) is 13.2 Å². The van der Waals surface area contributed by atoms with E-state index >= 15 is 0 Å². The lowest BCUT2D eigenvalue weighted by molar-refractivity contribution is -0.116. The van der Waals surface area contributed by atoms with Crippen LogP contribution in [0.15, 0.2) is 52.3 Å². The molecule has 1 aromatic heterocycles. The molecule has 0 unspecified atom stereocenters. The first-order chi connectivity index (χ1) is 13.8. The van der Waals surface area contributed by atoms with E-state index in [2.05, 4.69) is 17.2 Å². The van der Waals surface area contributed by atoms with Crippen LogP contribution in [-0.4, -0.2) is 30.1 Å². The molecule has 7 nitrogen and oxygen atoms in total. The van der Waals surface area contributed by atoms with Gasteiger partial charge in [-0.25, -0.2) is 18.5 Å². The lowest BCUT2D eigenvalue weighted by Gasteiger charge is -2.09. The summed E-state index contributed by atoms with van der Waals surface area (Å²) in [6, 6.07) is 12.4. The van der Waals surface area contributed by atoms with Gasteiger partial charge in [-0.15, -0.1) is 11.8 Å². The van der Waals surface area contributed by atoms with Crippen molar-refractivity contribution in [1.82, 2.24) is 9.55 Å². The van der Waals surface area contributed by atoms with E-state index in [1.54, 1.807) is 17.8 Å². The maximum Gasteiger partial charge on any atom is 0.238 e. The zero-order valence-corrected chi connectivity index (χ0v) is 18.0. The fourth-order valence-electron chi connectivity index (χ4n) is 3.12. The molecule has 1 heterocycles. The summed E-state index contributed by atoms with van der Waals surface area (Å²) in [5.74, 6) is 0.656. The number of sulfonamides is 1. The molecule has 0 radical (unpaired) electrons. The zero-order chi connectivity index (χ0) is 21.0. The molecular weight excluding hydrogens is 408 g/mol. The van der Waals surface area contributed by atoms with Crippen LogP contribution in [0.2, 0.25) is 0 Å². The average Bonchev–Trinajstić information content (AvgIpc) is 3.03. The SMILES string of the molecule is CCCn1c(CCC(=O)Nc2ccc(SC)cc2)nc2cc(S(N)(=O)=O)ccc21. The maximum atomic E-state index is 12.4. The molecule has 0 saturated carbocycles. The lowest BCUT2D eigenvalue weighted by Crippen LogP contribution is -2.14. The molecule has 29 heavy (non-hydrogen) atoms. The van der Waals surface area contributed by atoms with Crippen LogP contribution in [0.1, 0.15) is 25.6 Å². The second-order valence-corrected chi connectivity index (χ2v) is 9.09. The third kappa shape index (κ3) is 5.17. The summed E-state index contributed by atoms with van der Waals surface area (Å²) >= 11 is 1.65. The average molecular weight is 433 g/mol. The van der Waals surface area contributed by atoms with Crippen LogP contribution >= 0.6 is 11.8 Å². The van der Waals surface area contributed by atoms with Crippen molar-refractivity contribution in [3.63, 3.8) is 0 Å². The molecule has 9 heteroatoms. The molecule has 0 aliphatic heterocycles. The molecule has 0 saturated heterocycles. The number of hydrogen-bond donors (Lipinski definition) is 2. The lowest BCUT2D eigenvalue weighted by atomic mass is 10.2. The highest BCUT2D eigenvalue weighted by atomic mass is 32.2. The number of benzene rings is 2. The molecule has 3 N–H and O–H groups in total. The quantitative estimate of drug-likeness (QED) is 0.531. The number of carbonyl (C=O) groups is 1. The number of hydrogen-bond acceptors (Lipinski definition) is 5. The Labute approximate surface area is 174 Å². The van der Waals surface area contributed by atoms with E-state index in [4.69, 9.17) is 5.14 Å². The smallest absolute Gasteiger partial charge is 0.238 e. The zero-order valence-electron chi connectivity index (χ0n) is 16.4. The second kappa shape index (κ2) is 8.98. The van der Waals surface area contributed by atoms with Crippen molar-refractivity contribution >= 4 is 44.4 Å². The molecule has 0 aliphatic carbocycles. The molecule has 154 valence electrons. The number of primary sulfonamides is 1. The third-order valence-corrected chi connectivity index (χ3v) is 6.18. The number of amides is 1. The molecule has 0 spiro atoms. The number of nitrogens with two attached hydrogens (primary N) is 1. The largest absolute Gasteiger partial charge is 0.328 e. The molecule has 0 aliphatic rings. The first-order valence-electron chi connectivity index (χ1n) is 9.27. The minimum atomic E-state index is -3.79. The van der Waals surface area contributed by atoms with E-state index in [0.717, 1.165) is 34.9 Å². The Kier molecular flexibility index (Phi) is 6.61. The Hall–Kier alpha value is -2.36. The Morgan fingerprint density at radius 2 is 1.93 bits per heavy atom. The number of aromatic nitrogens is 2. The summed E-state index contributed by atoms with van der Waals surface area (Å²) in [5.41, 5.74) is 2.16. The van der Waals surface area contributed by atoms with Gasteiger partial charge >= 0.3 is 0 Å². The van der Waals surface area contributed by atoms with Crippen LogP contribution < -0.4 is 10.5 Å². The number of anilines is 1. The number of rotatable bonds is 8. The minimum absolute atomic E-state index is 0.0316. The third-order valence-electron chi connectivity index (χ3n) is 4.52. The number of carbonyl (C=O) groups excluding carboxylic acids is 1. The van der Waals surface area contributed by atoms with Gasteiger partial charge in [0.15, 0.2) is 0 Å². The topological polar surface area (TPSA) is 107 Å². The van der Waals surface area contributed by atoms with Crippen molar-refractivity contribution in [3.05, 3.63) is 48.3 Å². The van der Waals surface area contributed by atoms with Gasteiger partial charge in [0, 0.05) is 30.0 Å². The number of fused-ring (bicyclic) bond motifs is 1. The standard InChI is InChI=1S/C20H24N4O3S2/c1-3-12-24-18-9-8-16(29(21,26)27)13-17(18)23-19(24)10-11-20(25)22-14-4-6-15(28-2)7-5-14/h4-9,13H,3,10-12H2,1-2H3,(H,22,25)(H2,21,26,27). The summed E-state index contributed by atoms with van der Waals surface area (Å²) in [6.45, 7) is 2.79. The summed E-state index contributed by atoms with van der Waals surface area (Å²) in [5, 5.41) is 8.12. The molecule has 0 atom stereocenters. The van der Waals surface area contributed by atoms with Crippen LogP contribution in [-0.2, 0) is 27.8 Å². The van der Waals surface area contributed by atoms with Crippen LogP contribution in [0.4, 0.5) is 5.69 Å². The summed E-state index contributed by atoms with van der Waals surface area (Å²) in [4.78, 5) is 18.1. The second-order valence-electron chi connectivity index (χ2n) is 6.65. The molecule has 2 aromatic carbocycles. The normalized spacial score (nSPS) is 11.7. The first-order valence-corrected chi connectivity index (χ1v) is 12.0. The number of imidazole rings is 1. The molecule has 3 rings (SSSR count). The molecule has 0 bridgehead atoms. The predicted octanol–water partition coefficient (Wildman–Crippen LogP) is 3.39. The van der Waals surface area contributed by atoms with Crippen molar-refractivity contribution in [2.24, 2.45) is 5.14 Å². The van der Waals surface area contributed by atoms with Gasteiger partial charge in [0.05, 0.1) is 15.9 Å². The fraction of sp³-hybridized carbons (Fsp3) is 0.300. The Morgan fingerprint density at radius 3 is 2.55 bits per heavy atom. The number of aryl methyl sites for hydroxylation is 2. The highest BCUT2D eigenvalue weighted by Gasteiger charge is 2.15. The molecule has 1 amide bonds. The van der Waals surface area contributed by atoms with Crippen LogP contribution in [0.3, 0.4) is 0 Å². The van der Waals surface area contributed by atoms with E-state index < -0.39 is 10.0 Å². The van der Waals surface area contributed by atoms with E-state index in [1.807, 2.05) is 35.1 Å². The van der Waals surface area contributed by atoms with Crippen molar-refractivity contribution in [2.45, 2.75) is 42.5 Å². The van der Waals surface area contributed by atoms with E-state index in [-0.39, 0.29) is 17.2 Å². The van der Waals surface area contributed by atoms with Gasteiger partial charge in [-0.1, -0.05) is 6.92 Å².